The fourth-order valence-corrected chi connectivity index (χ4v) is 2.66. The second-order valence-electron chi connectivity index (χ2n) is 5.37. The van der Waals surface area contributed by atoms with Gasteiger partial charge in [-0.05, 0) is 13.0 Å². The molecule has 1 heterocycles. The van der Waals surface area contributed by atoms with Gasteiger partial charge in [-0.3, -0.25) is 4.79 Å². The van der Waals surface area contributed by atoms with E-state index in [1.807, 2.05) is 0 Å². The molecular weight excluding hydrogens is 425 g/mol. The summed E-state index contributed by atoms with van der Waals surface area (Å²) in [7, 11) is -4.43. The van der Waals surface area contributed by atoms with Gasteiger partial charge in [0.25, 0.3) is 12.3 Å². The van der Waals surface area contributed by atoms with E-state index >= 15 is 0 Å². The molecule has 0 saturated heterocycles. The Morgan fingerprint density at radius 2 is 2.00 bits per heavy atom. The van der Waals surface area contributed by atoms with Gasteiger partial charge in [0.05, 0.1) is 24.3 Å². The van der Waals surface area contributed by atoms with Gasteiger partial charge in [-0.15, -0.1) is 0 Å². The van der Waals surface area contributed by atoms with Gasteiger partial charge in [0.1, 0.15) is 17.5 Å². The monoisotopic (exact) mass is 439 g/mol. The minimum atomic E-state index is -5.55. The van der Waals surface area contributed by atoms with Crippen molar-refractivity contribution in [3.63, 3.8) is 0 Å². The van der Waals surface area contributed by atoms with E-state index in [-0.39, 0.29) is 16.5 Å². The number of hydrogen-bond acceptors (Lipinski definition) is 5. The van der Waals surface area contributed by atoms with E-state index in [4.69, 9.17) is 16.3 Å². The SMILES string of the molecule is C[C@@H](COc1cnc(Cl)c(C(=O)N(C)CC(F)F)c1)NS(=O)(=O)C(F)(F)F. The summed E-state index contributed by atoms with van der Waals surface area (Å²) in [5, 5.41) is -0.292. The maximum absolute atomic E-state index is 12.4. The Morgan fingerprint density at radius 3 is 2.52 bits per heavy atom. The Kier molecular flexibility index (Phi) is 7.75. The summed E-state index contributed by atoms with van der Waals surface area (Å²) in [6.07, 6.45) is -1.73. The number of nitrogens with zero attached hydrogens (tertiary/aromatic N) is 2. The number of ether oxygens (including phenoxy) is 1. The lowest BCUT2D eigenvalue weighted by Gasteiger charge is -2.18. The average molecular weight is 440 g/mol. The zero-order valence-corrected chi connectivity index (χ0v) is 15.5. The lowest BCUT2D eigenvalue weighted by atomic mass is 10.2. The third-order valence-corrected chi connectivity index (χ3v) is 4.59. The quantitative estimate of drug-likeness (QED) is 0.496. The number of halogens is 6. The van der Waals surface area contributed by atoms with Gasteiger partial charge >= 0.3 is 15.5 Å². The maximum atomic E-state index is 12.4. The molecule has 7 nitrogen and oxygen atoms in total. The summed E-state index contributed by atoms with van der Waals surface area (Å²) in [5.74, 6) is -0.990. The number of aromatic nitrogens is 1. The normalized spacial score (nSPS) is 13.5. The van der Waals surface area contributed by atoms with E-state index in [1.165, 1.54) is 4.72 Å². The van der Waals surface area contributed by atoms with Gasteiger partial charge in [0.2, 0.25) is 0 Å². The highest BCUT2D eigenvalue weighted by Crippen LogP contribution is 2.23. The van der Waals surface area contributed by atoms with Crippen LogP contribution in [0.5, 0.6) is 5.75 Å². The number of amides is 1. The van der Waals surface area contributed by atoms with Crippen LogP contribution in [0.3, 0.4) is 0 Å². The Hall–Kier alpha value is -1.73. The van der Waals surface area contributed by atoms with Crippen molar-refractivity contribution in [1.29, 1.82) is 0 Å². The predicted molar refractivity (Wildman–Crippen MR) is 85.3 cm³/mol. The Balaban J connectivity index is 2.82. The number of rotatable bonds is 8. The van der Waals surface area contributed by atoms with Crippen LogP contribution in [0.15, 0.2) is 12.3 Å². The van der Waals surface area contributed by atoms with Crippen molar-refractivity contribution >= 4 is 27.5 Å². The summed E-state index contributed by atoms with van der Waals surface area (Å²) >= 11 is 5.75. The topological polar surface area (TPSA) is 88.6 Å². The summed E-state index contributed by atoms with van der Waals surface area (Å²) in [6, 6.07) is -0.210. The van der Waals surface area contributed by atoms with Crippen molar-refractivity contribution in [2.24, 2.45) is 0 Å². The minimum Gasteiger partial charge on any atom is -0.490 e. The number of pyridine rings is 1. The first-order valence-electron chi connectivity index (χ1n) is 7.15. The zero-order chi connectivity index (χ0) is 21.0. The van der Waals surface area contributed by atoms with E-state index in [0.29, 0.717) is 4.90 Å². The molecule has 0 aliphatic carbocycles. The van der Waals surface area contributed by atoms with Crippen molar-refractivity contribution in [2.45, 2.75) is 24.9 Å². The van der Waals surface area contributed by atoms with Crippen LogP contribution in [0.4, 0.5) is 22.0 Å². The molecule has 0 unspecified atom stereocenters. The van der Waals surface area contributed by atoms with Crippen molar-refractivity contribution < 1.29 is 39.9 Å². The molecule has 27 heavy (non-hydrogen) atoms. The van der Waals surface area contributed by atoms with Gasteiger partial charge in [0, 0.05) is 7.05 Å². The molecule has 14 heteroatoms. The van der Waals surface area contributed by atoms with Gasteiger partial charge in [0.15, 0.2) is 0 Å². The molecule has 1 atom stereocenters. The van der Waals surface area contributed by atoms with Crippen LogP contribution in [0.2, 0.25) is 5.15 Å². The number of hydrogen-bond donors (Lipinski definition) is 1. The van der Waals surface area contributed by atoms with Crippen LogP contribution >= 0.6 is 11.6 Å². The fraction of sp³-hybridized carbons (Fsp3) is 0.538. The third-order valence-electron chi connectivity index (χ3n) is 2.96. The van der Waals surface area contributed by atoms with E-state index in [9.17, 15) is 35.2 Å². The summed E-state index contributed by atoms with van der Waals surface area (Å²) in [6.45, 7) is -0.259. The number of carbonyl (C=O) groups excluding carboxylic acids is 1. The van der Waals surface area contributed by atoms with Crippen LogP contribution in [-0.2, 0) is 10.0 Å². The molecule has 0 aromatic carbocycles. The van der Waals surface area contributed by atoms with Gasteiger partial charge in [-0.2, -0.15) is 13.2 Å². The summed E-state index contributed by atoms with van der Waals surface area (Å²) in [4.78, 5) is 16.4. The minimum absolute atomic E-state index is 0.119. The summed E-state index contributed by atoms with van der Waals surface area (Å²) in [5.41, 5.74) is -5.74. The number of sulfonamides is 1. The zero-order valence-electron chi connectivity index (χ0n) is 13.9. The molecule has 1 amide bonds. The molecule has 0 fully saturated rings. The van der Waals surface area contributed by atoms with Crippen molar-refractivity contribution in [3.05, 3.63) is 23.0 Å². The standard InChI is InChI=1S/C13H15ClF5N3O4S/c1-7(21-27(24,25)13(17,18)19)6-26-8-3-9(11(14)20-4-8)12(23)22(2)5-10(15)16/h3-4,7,10,21H,5-6H2,1-2H3/t7-/m0/s1. The van der Waals surface area contributed by atoms with Crippen LogP contribution < -0.4 is 9.46 Å². The molecule has 1 N–H and O–H groups in total. The fourth-order valence-electron chi connectivity index (χ4n) is 1.74. The maximum Gasteiger partial charge on any atom is 0.511 e. The molecule has 154 valence electrons. The van der Waals surface area contributed by atoms with Crippen LogP contribution in [0.25, 0.3) is 0 Å². The average Bonchev–Trinajstić information content (AvgIpc) is 2.51. The number of alkyl halides is 5. The molecule has 0 spiro atoms. The van der Waals surface area contributed by atoms with Crippen LogP contribution in [0, 0.1) is 0 Å². The van der Waals surface area contributed by atoms with Gasteiger partial charge in [-0.1, -0.05) is 11.6 Å². The van der Waals surface area contributed by atoms with Gasteiger partial charge in [-0.25, -0.2) is 26.9 Å². The lowest BCUT2D eigenvalue weighted by Crippen LogP contribution is -2.43. The third kappa shape index (κ3) is 6.74. The molecular formula is C13H15ClF5N3O4S. The highest BCUT2D eigenvalue weighted by atomic mass is 35.5. The van der Waals surface area contributed by atoms with Crippen LogP contribution in [0.1, 0.15) is 17.3 Å². The van der Waals surface area contributed by atoms with E-state index in [0.717, 1.165) is 26.2 Å². The molecule has 1 aromatic rings. The molecule has 0 aliphatic rings. The second kappa shape index (κ2) is 8.97. The molecule has 1 aromatic heterocycles. The van der Waals surface area contributed by atoms with E-state index in [2.05, 4.69) is 4.98 Å². The second-order valence-corrected chi connectivity index (χ2v) is 7.43. The highest BCUT2D eigenvalue weighted by Gasteiger charge is 2.46. The first-order valence-corrected chi connectivity index (χ1v) is 9.01. The van der Waals surface area contributed by atoms with Crippen molar-refractivity contribution in [3.8, 4) is 5.75 Å². The predicted octanol–water partition coefficient (Wildman–Crippen LogP) is 2.28. The molecule has 0 aliphatic heterocycles. The smallest absolute Gasteiger partial charge is 0.490 e. The van der Waals surface area contributed by atoms with Crippen molar-refractivity contribution in [2.75, 3.05) is 20.2 Å². The molecule has 0 radical (unpaired) electrons. The van der Waals surface area contributed by atoms with E-state index < -0.39 is 47.1 Å². The number of carbonyl (C=O) groups is 1. The molecule has 1 rings (SSSR count). The Morgan fingerprint density at radius 1 is 1.41 bits per heavy atom. The Labute approximate surface area is 156 Å². The van der Waals surface area contributed by atoms with E-state index in [1.54, 1.807) is 0 Å². The summed E-state index contributed by atoms with van der Waals surface area (Å²) < 4.78 is 90.1. The Bertz CT molecular complexity index is 776. The molecule has 0 bridgehead atoms. The number of nitrogens with one attached hydrogen (secondary N) is 1. The lowest BCUT2D eigenvalue weighted by molar-refractivity contribution is -0.0451. The van der Waals surface area contributed by atoms with Crippen molar-refractivity contribution in [1.82, 2.24) is 14.6 Å². The largest absolute Gasteiger partial charge is 0.511 e. The van der Waals surface area contributed by atoms with Crippen LogP contribution in [-0.4, -0.2) is 62.4 Å². The first kappa shape index (κ1) is 23.3. The molecule has 0 saturated carbocycles. The van der Waals surface area contributed by atoms with Gasteiger partial charge < -0.3 is 9.64 Å². The first-order chi connectivity index (χ1) is 12.2. The highest BCUT2D eigenvalue weighted by molar-refractivity contribution is 7.90.